The molecule has 1 heterocycles. The zero-order valence-electron chi connectivity index (χ0n) is 9.50. The highest BCUT2D eigenvalue weighted by atomic mass is 16.3. The van der Waals surface area contributed by atoms with Gasteiger partial charge in [-0.05, 0) is 17.7 Å². The van der Waals surface area contributed by atoms with Crippen molar-refractivity contribution in [3.8, 4) is 0 Å². The minimum absolute atomic E-state index is 0.0938. The molecule has 3 heteroatoms. The lowest BCUT2D eigenvalue weighted by Crippen LogP contribution is -2.16. The Morgan fingerprint density at radius 3 is 2.59 bits per heavy atom. The van der Waals surface area contributed by atoms with Crippen molar-refractivity contribution in [3.63, 3.8) is 0 Å². The molecule has 1 unspecified atom stereocenters. The standard InChI is InChI=1S/C14H15NO2/c15-14(11-5-2-1-3-6-11)10-12(16)9-13-7-4-8-17-13/h1-8,14H,9-10,15H2. The molecule has 0 spiro atoms. The highest BCUT2D eigenvalue weighted by Crippen LogP contribution is 2.15. The second kappa shape index (κ2) is 5.46. The molecule has 0 bridgehead atoms. The molecule has 0 amide bonds. The number of carbonyl (C=O) groups excluding carboxylic acids is 1. The molecule has 1 aromatic carbocycles. The average molecular weight is 229 g/mol. The predicted molar refractivity (Wildman–Crippen MR) is 65.4 cm³/mol. The summed E-state index contributed by atoms with van der Waals surface area (Å²) in [6.45, 7) is 0. The van der Waals surface area contributed by atoms with E-state index in [0.717, 1.165) is 5.56 Å². The van der Waals surface area contributed by atoms with Crippen LogP contribution in [0.3, 0.4) is 0 Å². The van der Waals surface area contributed by atoms with Gasteiger partial charge in [0.05, 0.1) is 12.7 Å². The van der Waals surface area contributed by atoms with E-state index in [0.29, 0.717) is 18.6 Å². The lowest BCUT2D eigenvalue weighted by molar-refractivity contribution is -0.119. The average Bonchev–Trinajstić information content (AvgIpc) is 2.82. The van der Waals surface area contributed by atoms with Gasteiger partial charge in [-0.2, -0.15) is 0 Å². The molecule has 0 aliphatic rings. The summed E-state index contributed by atoms with van der Waals surface area (Å²) in [6.07, 6.45) is 2.22. The monoisotopic (exact) mass is 229 g/mol. The third-order valence-electron chi connectivity index (χ3n) is 2.63. The summed E-state index contributed by atoms with van der Waals surface area (Å²) in [5.41, 5.74) is 6.96. The first-order valence-corrected chi connectivity index (χ1v) is 5.60. The van der Waals surface area contributed by atoms with Crippen molar-refractivity contribution in [3.05, 3.63) is 60.1 Å². The quantitative estimate of drug-likeness (QED) is 0.856. The van der Waals surface area contributed by atoms with Crippen molar-refractivity contribution in [2.24, 2.45) is 5.73 Å². The second-order valence-corrected chi connectivity index (χ2v) is 4.02. The van der Waals surface area contributed by atoms with E-state index >= 15 is 0 Å². The van der Waals surface area contributed by atoms with Gasteiger partial charge in [-0.15, -0.1) is 0 Å². The van der Waals surface area contributed by atoms with Crippen molar-refractivity contribution in [2.75, 3.05) is 0 Å². The van der Waals surface area contributed by atoms with Crippen LogP contribution in [0.1, 0.15) is 23.8 Å². The minimum Gasteiger partial charge on any atom is -0.469 e. The first-order chi connectivity index (χ1) is 8.25. The molecule has 0 fully saturated rings. The molecule has 2 aromatic rings. The van der Waals surface area contributed by atoms with E-state index in [1.807, 2.05) is 30.3 Å². The van der Waals surface area contributed by atoms with Crippen molar-refractivity contribution >= 4 is 5.78 Å². The van der Waals surface area contributed by atoms with Crippen molar-refractivity contribution < 1.29 is 9.21 Å². The lowest BCUT2D eigenvalue weighted by atomic mass is 10.0. The summed E-state index contributed by atoms with van der Waals surface area (Å²) in [5.74, 6) is 0.784. The predicted octanol–water partition coefficient (Wildman–Crippen LogP) is 2.48. The number of ketones is 1. The van der Waals surface area contributed by atoms with Crippen LogP contribution in [0.25, 0.3) is 0 Å². The number of carbonyl (C=O) groups is 1. The van der Waals surface area contributed by atoms with Crippen LogP contribution >= 0.6 is 0 Å². The summed E-state index contributed by atoms with van der Waals surface area (Å²) >= 11 is 0. The van der Waals surface area contributed by atoms with E-state index < -0.39 is 0 Å². The zero-order chi connectivity index (χ0) is 12.1. The van der Waals surface area contributed by atoms with Crippen LogP contribution in [0.4, 0.5) is 0 Å². The highest BCUT2D eigenvalue weighted by Gasteiger charge is 2.12. The molecule has 1 atom stereocenters. The van der Waals surface area contributed by atoms with E-state index in [9.17, 15) is 4.79 Å². The van der Waals surface area contributed by atoms with Gasteiger partial charge in [0.1, 0.15) is 11.5 Å². The molecule has 88 valence electrons. The third-order valence-corrected chi connectivity index (χ3v) is 2.63. The molecule has 0 radical (unpaired) electrons. The Balaban J connectivity index is 1.91. The van der Waals surface area contributed by atoms with Gasteiger partial charge in [0.25, 0.3) is 0 Å². The van der Waals surface area contributed by atoms with E-state index in [-0.39, 0.29) is 11.8 Å². The van der Waals surface area contributed by atoms with Crippen LogP contribution in [-0.4, -0.2) is 5.78 Å². The Hall–Kier alpha value is -1.87. The highest BCUT2D eigenvalue weighted by molar-refractivity contribution is 5.81. The summed E-state index contributed by atoms with van der Waals surface area (Å²) < 4.78 is 5.13. The molecule has 0 saturated carbocycles. The van der Waals surface area contributed by atoms with Gasteiger partial charge in [-0.3, -0.25) is 4.79 Å². The summed E-state index contributed by atoms with van der Waals surface area (Å²) in [5, 5.41) is 0. The van der Waals surface area contributed by atoms with Crippen LogP contribution < -0.4 is 5.73 Å². The van der Waals surface area contributed by atoms with Gasteiger partial charge in [0.15, 0.2) is 0 Å². The Labute approximate surface area is 100 Å². The maximum atomic E-state index is 11.8. The van der Waals surface area contributed by atoms with Crippen LogP contribution in [0.15, 0.2) is 53.1 Å². The number of nitrogens with two attached hydrogens (primary N) is 1. The molecule has 1 aromatic heterocycles. The Morgan fingerprint density at radius 2 is 1.94 bits per heavy atom. The smallest absolute Gasteiger partial charge is 0.142 e. The topological polar surface area (TPSA) is 56.2 Å². The molecule has 2 N–H and O–H groups in total. The number of hydrogen-bond donors (Lipinski definition) is 1. The van der Waals surface area contributed by atoms with Crippen LogP contribution in [0.5, 0.6) is 0 Å². The first kappa shape index (κ1) is 11.6. The molecular weight excluding hydrogens is 214 g/mol. The second-order valence-electron chi connectivity index (χ2n) is 4.02. The van der Waals surface area contributed by atoms with Crippen molar-refractivity contribution in [1.29, 1.82) is 0 Å². The number of benzene rings is 1. The molecule has 0 aliphatic carbocycles. The normalized spacial score (nSPS) is 12.3. The van der Waals surface area contributed by atoms with Crippen molar-refractivity contribution in [1.82, 2.24) is 0 Å². The molecule has 17 heavy (non-hydrogen) atoms. The third kappa shape index (κ3) is 3.29. The van der Waals surface area contributed by atoms with Crippen molar-refractivity contribution in [2.45, 2.75) is 18.9 Å². The number of hydrogen-bond acceptors (Lipinski definition) is 3. The van der Waals surface area contributed by atoms with Gasteiger partial charge in [0.2, 0.25) is 0 Å². The molecule has 0 aliphatic heterocycles. The summed E-state index contributed by atoms with van der Waals surface area (Å²) in [4.78, 5) is 11.8. The maximum Gasteiger partial charge on any atom is 0.142 e. The van der Waals surface area contributed by atoms with E-state index in [1.165, 1.54) is 0 Å². The van der Waals surface area contributed by atoms with E-state index in [4.69, 9.17) is 10.2 Å². The summed E-state index contributed by atoms with van der Waals surface area (Å²) in [6, 6.07) is 13.0. The van der Waals surface area contributed by atoms with E-state index in [2.05, 4.69) is 0 Å². The molecular formula is C14H15NO2. The fourth-order valence-electron chi connectivity index (χ4n) is 1.74. The van der Waals surface area contributed by atoms with Gasteiger partial charge in [-0.1, -0.05) is 30.3 Å². The first-order valence-electron chi connectivity index (χ1n) is 5.60. The Morgan fingerprint density at radius 1 is 1.18 bits per heavy atom. The van der Waals surface area contributed by atoms with Crippen LogP contribution in [0.2, 0.25) is 0 Å². The van der Waals surface area contributed by atoms with E-state index in [1.54, 1.807) is 18.4 Å². The molecule has 0 saturated heterocycles. The number of Topliss-reactive ketones (excluding diaryl/α,β-unsaturated/α-hetero) is 1. The van der Waals surface area contributed by atoms with Gasteiger partial charge in [0, 0.05) is 12.5 Å². The summed E-state index contributed by atoms with van der Waals surface area (Å²) in [7, 11) is 0. The number of furan rings is 1. The Bertz CT molecular complexity index is 462. The van der Waals surface area contributed by atoms with Crippen LogP contribution in [-0.2, 0) is 11.2 Å². The van der Waals surface area contributed by atoms with Crippen LogP contribution in [0, 0.1) is 0 Å². The number of rotatable bonds is 5. The molecule has 3 nitrogen and oxygen atoms in total. The van der Waals surface area contributed by atoms with Gasteiger partial charge >= 0.3 is 0 Å². The fraction of sp³-hybridized carbons (Fsp3) is 0.214. The van der Waals surface area contributed by atoms with Gasteiger partial charge < -0.3 is 10.2 Å². The van der Waals surface area contributed by atoms with Gasteiger partial charge in [-0.25, -0.2) is 0 Å². The largest absolute Gasteiger partial charge is 0.469 e. The lowest BCUT2D eigenvalue weighted by Gasteiger charge is -2.10. The Kier molecular flexibility index (Phi) is 3.73. The minimum atomic E-state index is -0.237. The molecule has 2 rings (SSSR count). The SMILES string of the molecule is NC(CC(=O)Cc1ccco1)c1ccccc1. The fourth-order valence-corrected chi connectivity index (χ4v) is 1.74. The maximum absolute atomic E-state index is 11.8. The zero-order valence-corrected chi connectivity index (χ0v) is 9.50.